The van der Waals surface area contributed by atoms with Gasteiger partial charge in [-0.1, -0.05) is 60.7 Å². The number of rotatable bonds is 11. The lowest BCUT2D eigenvalue weighted by molar-refractivity contribution is -0.146. The Morgan fingerprint density at radius 1 is 0.971 bits per heavy atom. The normalized spacial score (nSPS) is 13.4. The van der Waals surface area contributed by atoms with Crippen LogP contribution in [0, 0.1) is 11.3 Å². The number of benzene rings is 3. The first-order chi connectivity index (χ1) is 16.6. The van der Waals surface area contributed by atoms with Gasteiger partial charge >= 0.3 is 0 Å². The predicted octanol–water partition coefficient (Wildman–Crippen LogP) is 4.37. The summed E-state index contributed by atoms with van der Waals surface area (Å²) in [5.41, 5.74) is 2.15. The van der Waals surface area contributed by atoms with Crippen LogP contribution in [0.3, 0.4) is 0 Å². The minimum Gasteiger partial charge on any atom is -0.362 e. The van der Waals surface area contributed by atoms with E-state index < -0.39 is 23.1 Å². The standard InChI is InChI=1S/C27H29N3O3S/c1-3-30(4-2)27(31)26(33-20-22-11-7-5-8-12-22)25(23-17-15-21(19-28)16-18-23)29-34(32)24-13-9-6-10-14-24/h5-18,25-26,29H,3-4,20H2,1-2H3. The monoisotopic (exact) mass is 475 g/mol. The molecule has 3 aromatic carbocycles. The zero-order valence-electron chi connectivity index (χ0n) is 19.4. The molecule has 34 heavy (non-hydrogen) atoms. The zero-order valence-corrected chi connectivity index (χ0v) is 20.2. The SMILES string of the molecule is CCN(CC)C(=O)C(OCc1ccccc1)C(NS(=O)c1ccccc1)c1ccc(C#N)cc1. The highest BCUT2D eigenvalue weighted by molar-refractivity contribution is 7.83. The van der Waals surface area contributed by atoms with E-state index in [9.17, 15) is 14.3 Å². The van der Waals surface area contributed by atoms with Gasteiger partial charge in [-0.15, -0.1) is 0 Å². The summed E-state index contributed by atoms with van der Waals surface area (Å²) < 4.78 is 22.6. The van der Waals surface area contributed by atoms with Crippen molar-refractivity contribution in [1.82, 2.24) is 9.62 Å². The summed E-state index contributed by atoms with van der Waals surface area (Å²) in [5.74, 6) is -0.187. The molecule has 0 heterocycles. The Labute approximate surface area is 203 Å². The summed E-state index contributed by atoms with van der Waals surface area (Å²) in [4.78, 5) is 15.9. The van der Waals surface area contributed by atoms with E-state index in [0.29, 0.717) is 29.1 Å². The first-order valence-electron chi connectivity index (χ1n) is 11.2. The Morgan fingerprint density at radius 3 is 2.12 bits per heavy atom. The quantitative estimate of drug-likeness (QED) is 0.447. The van der Waals surface area contributed by atoms with Crippen molar-refractivity contribution >= 4 is 16.9 Å². The van der Waals surface area contributed by atoms with Crippen LogP contribution in [0.1, 0.15) is 36.6 Å². The van der Waals surface area contributed by atoms with Gasteiger partial charge in [-0.05, 0) is 49.2 Å². The lowest BCUT2D eigenvalue weighted by Crippen LogP contribution is -2.47. The summed E-state index contributed by atoms with van der Waals surface area (Å²) in [6.07, 6.45) is -0.930. The van der Waals surface area contributed by atoms with E-state index in [2.05, 4.69) is 10.8 Å². The number of nitriles is 1. The third-order valence-electron chi connectivity index (χ3n) is 5.48. The highest BCUT2D eigenvalue weighted by Gasteiger charge is 2.34. The molecule has 1 N–H and O–H groups in total. The topological polar surface area (TPSA) is 82.4 Å². The maximum atomic E-state index is 13.6. The third-order valence-corrected chi connectivity index (χ3v) is 6.65. The summed E-state index contributed by atoms with van der Waals surface area (Å²) in [7, 11) is -1.59. The highest BCUT2D eigenvalue weighted by Crippen LogP contribution is 2.25. The van der Waals surface area contributed by atoms with Gasteiger partial charge in [0, 0.05) is 13.1 Å². The second kappa shape index (κ2) is 12.8. The van der Waals surface area contributed by atoms with Crippen LogP contribution >= 0.6 is 0 Å². The van der Waals surface area contributed by atoms with Crippen molar-refractivity contribution < 1.29 is 13.7 Å². The molecule has 3 rings (SSSR count). The molecular weight excluding hydrogens is 446 g/mol. The van der Waals surface area contributed by atoms with Crippen molar-refractivity contribution in [3.8, 4) is 6.07 Å². The summed E-state index contributed by atoms with van der Waals surface area (Å²) in [6, 6.07) is 27.0. The van der Waals surface area contributed by atoms with E-state index in [0.717, 1.165) is 5.56 Å². The number of nitrogens with zero attached hydrogens (tertiary/aromatic N) is 2. The van der Waals surface area contributed by atoms with E-state index in [-0.39, 0.29) is 12.5 Å². The number of carbonyl (C=O) groups excluding carboxylic acids is 1. The smallest absolute Gasteiger partial charge is 0.253 e. The Balaban J connectivity index is 1.99. The van der Waals surface area contributed by atoms with E-state index in [1.165, 1.54) is 0 Å². The molecule has 176 valence electrons. The molecule has 1 amide bonds. The minimum atomic E-state index is -1.59. The summed E-state index contributed by atoms with van der Waals surface area (Å²) >= 11 is 0. The van der Waals surface area contributed by atoms with Gasteiger partial charge in [-0.3, -0.25) is 4.79 Å². The molecule has 0 bridgehead atoms. The van der Waals surface area contributed by atoms with E-state index in [1.807, 2.05) is 62.4 Å². The van der Waals surface area contributed by atoms with Gasteiger partial charge < -0.3 is 9.64 Å². The number of nitrogens with one attached hydrogen (secondary N) is 1. The number of amides is 1. The molecule has 0 aliphatic rings. The van der Waals surface area contributed by atoms with E-state index >= 15 is 0 Å². The Hall–Kier alpha value is -3.31. The second-order valence-corrected chi connectivity index (χ2v) is 8.88. The lowest BCUT2D eigenvalue weighted by Gasteiger charge is -2.31. The van der Waals surface area contributed by atoms with E-state index in [4.69, 9.17) is 4.74 Å². The molecule has 0 aliphatic carbocycles. The molecule has 7 heteroatoms. The number of carbonyl (C=O) groups is 1. The molecule has 0 saturated heterocycles. The van der Waals surface area contributed by atoms with Crippen LogP contribution in [-0.2, 0) is 27.1 Å². The van der Waals surface area contributed by atoms with Crippen molar-refractivity contribution in [3.05, 3.63) is 102 Å². The number of ether oxygens (including phenoxy) is 1. The van der Waals surface area contributed by atoms with Gasteiger partial charge in [-0.25, -0.2) is 8.93 Å². The van der Waals surface area contributed by atoms with Gasteiger partial charge in [0.1, 0.15) is 11.0 Å². The van der Waals surface area contributed by atoms with Gasteiger partial charge in [0.2, 0.25) is 0 Å². The third kappa shape index (κ3) is 6.61. The number of likely N-dealkylation sites (N-methyl/N-ethyl adjacent to an activating group) is 1. The fourth-order valence-corrected chi connectivity index (χ4v) is 4.61. The van der Waals surface area contributed by atoms with Crippen molar-refractivity contribution in [2.45, 2.75) is 37.5 Å². The largest absolute Gasteiger partial charge is 0.362 e. The van der Waals surface area contributed by atoms with Gasteiger partial charge in [0.05, 0.1) is 29.2 Å². The first kappa shape index (κ1) is 25.3. The van der Waals surface area contributed by atoms with Crippen LogP contribution < -0.4 is 4.72 Å². The summed E-state index contributed by atoms with van der Waals surface area (Å²) in [5, 5.41) is 9.21. The van der Waals surface area contributed by atoms with Crippen LogP contribution in [-0.4, -0.2) is 34.2 Å². The molecule has 3 unspecified atom stereocenters. The Kier molecular flexibility index (Phi) is 9.53. The molecule has 0 spiro atoms. The van der Waals surface area contributed by atoms with Crippen molar-refractivity contribution in [1.29, 1.82) is 5.26 Å². The molecule has 0 fully saturated rings. The molecule has 3 atom stereocenters. The van der Waals surface area contributed by atoms with E-state index in [1.54, 1.807) is 41.3 Å². The van der Waals surface area contributed by atoms with Crippen LogP contribution in [0.5, 0.6) is 0 Å². The Bertz CT molecular complexity index is 1110. The average Bonchev–Trinajstić information content (AvgIpc) is 2.90. The molecular formula is C27H29N3O3S. The maximum absolute atomic E-state index is 13.6. The highest BCUT2D eigenvalue weighted by atomic mass is 32.2. The minimum absolute atomic E-state index is 0.187. The maximum Gasteiger partial charge on any atom is 0.253 e. The molecule has 0 saturated carbocycles. The van der Waals surface area contributed by atoms with Crippen molar-refractivity contribution in [2.75, 3.05) is 13.1 Å². The first-order valence-corrected chi connectivity index (χ1v) is 12.4. The average molecular weight is 476 g/mol. The van der Waals surface area contributed by atoms with Crippen LogP contribution in [0.2, 0.25) is 0 Å². The van der Waals surface area contributed by atoms with Crippen LogP contribution in [0.15, 0.2) is 89.8 Å². The second-order valence-electron chi connectivity index (χ2n) is 7.64. The molecule has 0 radical (unpaired) electrons. The summed E-state index contributed by atoms with van der Waals surface area (Å²) in [6.45, 7) is 5.12. The number of hydrogen-bond donors (Lipinski definition) is 1. The lowest BCUT2D eigenvalue weighted by atomic mass is 9.99. The zero-order chi connectivity index (χ0) is 24.3. The van der Waals surface area contributed by atoms with Gasteiger partial charge in [0.15, 0.2) is 6.10 Å². The predicted molar refractivity (Wildman–Crippen MR) is 133 cm³/mol. The van der Waals surface area contributed by atoms with Gasteiger partial charge in [-0.2, -0.15) is 5.26 Å². The van der Waals surface area contributed by atoms with Crippen molar-refractivity contribution in [3.63, 3.8) is 0 Å². The molecule has 0 aliphatic heterocycles. The molecule has 6 nitrogen and oxygen atoms in total. The fraction of sp³-hybridized carbons (Fsp3) is 0.259. The van der Waals surface area contributed by atoms with Crippen LogP contribution in [0.4, 0.5) is 0 Å². The van der Waals surface area contributed by atoms with Crippen LogP contribution in [0.25, 0.3) is 0 Å². The van der Waals surface area contributed by atoms with Crippen molar-refractivity contribution in [2.24, 2.45) is 0 Å². The molecule has 3 aromatic rings. The Morgan fingerprint density at radius 2 is 1.56 bits per heavy atom. The molecule has 0 aromatic heterocycles. The van der Waals surface area contributed by atoms with Gasteiger partial charge in [0.25, 0.3) is 5.91 Å². The fourth-order valence-electron chi connectivity index (χ4n) is 3.58. The number of hydrogen-bond acceptors (Lipinski definition) is 4.